The molecule has 9 nitrogen and oxygen atoms in total. The van der Waals surface area contributed by atoms with Gasteiger partial charge in [0, 0.05) is 38.3 Å². The number of imidazole rings is 1. The molecule has 0 amide bonds. The predicted octanol–water partition coefficient (Wildman–Crippen LogP) is 1.30. The van der Waals surface area contributed by atoms with Gasteiger partial charge in [-0.05, 0) is 31.5 Å². The quantitative estimate of drug-likeness (QED) is 0.449. The molecule has 3 heterocycles. The van der Waals surface area contributed by atoms with Crippen LogP contribution in [-0.4, -0.2) is 43.3 Å². The number of aromatic nitrogens is 5. The van der Waals surface area contributed by atoms with Crippen LogP contribution in [-0.2, 0) is 20.1 Å². The van der Waals surface area contributed by atoms with Crippen LogP contribution in [0.1, 0.15) is 19.4 Å². The summed E-state index contributed by atoms with van der Waals surface area (Å²) in [6.07, 6.45) is 1.72. The summed E-state index contributed by atoms with van der Waals surface area (Å²) in [6, 6.07) is 9.48. The van der Waals surface area contributed by atoms with Crippen LogP contribution in [0, 0.1) is 11.8 Å². The van der Waals surface area contributed by atoms with E-state index >= 15 is 0 Å². The van der Waals surface area contributed by atoms with E-state index < -0.39 is 11.2 Å². The summed E-state index contributed by atoms with van der Waals surface area (Å²) in [6.45, 7) is 4.58. The highest BCUT2D eigenvalue weighted by Crippen LogP contribution is 2.19. The molecule has 0 saturated heterocycles. The molecule has 0 bridgehead atoms. The predicted molar refractivity (Wildman–Crippen MR) is 130 cm³/mol. The van der Waals surface area contributed by atoms with Crippen molar-refractivity contribution >= 4 is 28.0 Å². The second-order valence-corrected chi connectivity index (χ2v) is 8.22. The number of hydrogen-bond donors (Lipinski definition) is 1. The van der Waals surface area contributed by atoms with Gasteiger partial charge in [0.1, 0.15) is 0 Å². The SMILES string of the molecule is CC#CCn1c(N(C)CC(C)N)nc2c1c(=O)n(Cc1ccc3cccnc3c1)c(=O)n2C. The number of likely N-dealkylation sites (N-methyl/N-ethyl adjacent to an activating group) is 1. The highest BCUT2D eigenvalue weighted by atomic mass is 16.2. The van der Waals surface area contributed by atoms with Crippen LogP contribution in [0.25, 0.3) is 22.1 Å². The van der Waals surface area contributed by atoms with E-state index in [1.807, 2.05) is 49.2 Å². The first-order chi connectivity index (χ1) is 15.8. The maximum atomic E-state index is 13.6. The van der Waals surface area contributed by atoms with E-state index in [4.69, 9.17) is 5.73 Å². The van der Waals surface area contributed by atoms with E-state index in [0.717, 1.165) is 16.5 Å². The van der Waals surface area contributed by atoms with Gasteiger partial charge in [0.15, 0.2) is 11.2 Å². The third kappa shape index (κ3) is 4.13. The second-order valence-electron chi connectivity index (χ2n) is 8.22. The number of hydrogen-bond acceptors (Lipinski definition) is 6. The molecule has 4 rings (SSSR count). The van der Waals surface area contributed by atoms with Crippen molar-refractivity contribution in [2.75, 3.05) is 18.5 Å². The van der Waals surface area contributed by atoms with Crippen molar-refractivity contribution in [3.05, 3.63) is 62.9 Å². The van der Waals surface area contributed by atoms with Crippen molar-refractivity contribution in [3.63, 3.8) is 0 Å². The van der Waals surface area contributed by atoms with Crippen molar-refractivity contribution < 1.29 is 0 Å². The van der Waals surface area contributed by atoms with Gasteiger partial charge in [0.25, 0.3) is 5.56 Å². The van der Waals surface area contributed by atoms with Crippen LogP contribution in [0.4, 0.5) is 5.95 Å². The Labute approximate surface area is 191 Å². The van der Waals surface area contributed by atoms with Crippen molar-refractivity contribution in [2.45, 2.75) is 33.0 Å². The highest BCUT2D eigenvalue weighted by molar-refractivity contribution is 5.79. The second kappa shape index (κ2) is 8.92. The fourth-order valence-corrected chi connectivity index (χ4v) is 4.01. The molecule has 9 heteroatoms. The average molecular weight is 446 g/mol. The van der Waals surface area contributed by atoms with E-state index in [0.29, 0.717) is 23.7 Å². The number of pyridine rings is 1. The van der Waals surface area contributed by atoms with Gasteiger partial charge in [-0.3, -0.25) is 23.5 Å². The molecular weight excluding hydrogens is 418 g/mol. The Kier molecular flexibility index (Phi) is 6.03. The minimum atomic E-state index is -0.429. The van der Waals surface area contributed by atoms with Crippen LogP contribution in [0.2, 0.25) is 0 Å². The molecule has 1 atom stereocenters. The number of benzene rings is 1. The van der Waals surface area contributed by atoms with E-state index in [1.54, 1.807) is 24.7 Å². The third-order valence-electron chi connectivity index (χ3n) is 5.54. The van der Waals surface area contributed by atoms with E-state index in [9.17, 15) is 9.59 Å². The van der Waals surface area contributed by atoms with Crippen molar-refractivity contribution in [1.82, 2.24) is 23.7 Å². The lowest BCUT2D eigenvalue weighted by Crippen LogP contribution is -2.40. The Balaban J connectivity index is 1.91. The first-order valence-corrected chi connectivity index (χ1v) is 10.7. The van der Waals surface area contributed by atoms with Crippen LogP contribution in [0.5, 0.6) is 0 Å². The topological polar surface area (TPSA) is 104 Å². The molecule has 0 aliphatic carbocycles. The van der Waals surface area contributed by atoms with E-state index in [1.165, 1.54) is 9.13 Å². The van der Waals surface area contributed by atoms with Gasteiger partial charge in [-0.2, -0.15) is 4.98 Å². The fraction of sp³-hybridized carbons (Fsp3) is 0.333. The molecule has 1 aromatic carbocycles. The van der Waals surface area contributed by atoms with Gasteiger partial charge in [-0.1, -0.05) is 24.1 Å². The van der Waals surface area contributed by atoms with Crippen LogP contribution in [0.15, 0.2) is 46.1 Å². The Morgan fingerprint density at radius 1 is 1.21 bits per heavy atom. The Morgan fingerprint density at radius 3 is 2.73 bits per heavy atom. The maximum Gasteiger partial charge on any atom is 0.332 e. The molecular formula is C24H27N7O2. The zero-order chi connectivity index (χ0) is 23.7. The zero-order valence-corrected chi connectivity index (χ0v) is 19.2. The molecule has 33 heavy (non-hydrogen) atoms. The number of nitrogens with two attached hydrogens (primary N) is 1. The lowest BCUT2D eigenvalue weighted by Gasteiger charge is -2.20. The van der Waals surface area contributed by atoms with Crippen molar-refractivity contribution in [3.8, 4) is 11.8 Å². The number of nitrogens with zero attached hydrogens (tertiary/aromatic N) is 6. The van der Waals surface area contributed by atoms with E-state index in [-0.39, 0.29) is 19.1 Å². The standard InChI is InChI=1S/C24H27N7O2/c1-5-6-12-30-20-21(27-23(30)28(3)14-16(2)25)29(4)24(33)31(22(20)32)15-17-9-10-18-8-7-11-26-19(18)13-17/h7-11,13,16H,12,14-15,25H2,1-4H3. The summed E-state index contributed by atoms with van der Waals surface area (Å²) < 4.78 is 4.41. The summed E-state index contributed by atoms with van der Waals surface area (Å²) in [5, 5.41) is 0.995. The molecule has 0 radical (unpaired) electrons. The van der Waals surface area contributed by atoms with Gasteiger partial charge in [-0.15, -0.1) is 5.92 Å². The van der Waals surface area contributed by atoms with Gasteiger partial charge in [0.05, 0.1) is 18.6 Å². The molecule has 0 fully saturated rings. The first kappa shape index (κ1) is 22.3. The Morgan fingerprint density at radius 2 is 2.00 bits per heavy atom. The van der Waals surface area contributed by atoms with Crippen LogP contribution >= 0.6 is 0 Å². The molecule has 4 aromatic rings. The molecule has 170 valence electrons. The van der Waals surface area contributed by atoms with Gasteiger partial charge in [-0.25, -0.2) is 4.79 Å². The maximum absolute atomic E-state index is 13.6. The van der Waals surface area contributed by atoms with E-state index in [2.05, 4.69) is 21.8 Å². The first-order valence-electron chi connectivity index (χ1n) is 10.7. The Hall–Kier alpha value is -3.90. The molecule has 2 N–H and O–H groups in total. The molecule has 1 unspecified atom stereocenters. The molecule has 0 spiro atoms. The zero-order valence-electron chi connectivity index (χ0n) is 19.2. The highest BCUT2D eigenvalue weighted by Gasteiger charge is 2.22. The minimum Gasteiger partial charge on any atom is -0.344 e. The number of anilines is 1. The lowest BCUT2D eigenvalue weighted by atomic mass is 10.1. The monoisotopic (exact) mass is 445 g/mol. The largest absolute Gasteiger partial charge is 0.344 e. The van der Waals surface area contributed by atoms with Crippen LogP contribution in [0.3, 0.4) is 0 Å². The summed E-state index contributed by atoms with van der Waals surface area (Å²) in [5.74, 6) is 6.43. The van der Waals surface area contributed by atoms with Crippen molar-refractivity contribution in [2.24, 2.45) is 12.8 Å². The fourth-order valence-electron chi connectivity index (χ4n) is 4.01. The third-order valence-corrected chi connectivity index (χ3v) is 5.54. The molecule has 0 aliphatic heterocycles. The molecule has 3 aromatic heterocycles. The summed E-state index contributed by atoms with van der Waals surface area (Å²) in [4.78, 5) is 37.6. The average Bonchev–Trinajstić information content (AvgIpc) is 3.18. The summed E-state index contributed by atoms with van der Waals surface area (Å²) in [5.41, 5.74) is 7.43. The Bertz CT molecular complexity index is 1520. The van der Waals surface area contributed by atoms with Crippen molar-refractivity contribution in [1.29, 1.82) is 0 Å². The molecule has 0 saturated carbocycles. The number of fused-ring (bicyclic) bond motifs is 2. The minimum absolute atomic E-state index is 0.0949. The van der Waals surface area contributed by atoms with Crippen LogP contribution < -0.4 is 21.9 Å². The number of rotatable bonds is 6. The normalized spacial score (nSPS) is 12.0. The number of aryl methyl sites for hydroxylation is 1. The molecule has 0 aliphatic rings. The van der Waals surface area contributed by atoms with Gasteiger partial charge in [0.2, 0.25) is 5.95 Å². The smallest absolute Gasteiger partial charge is 0.332 e. The van der Waals surface area contributed by atoms with Gasteiger partial charge < -0.3 is 10.6 Å². The lowest BCUT2D eigenvalue weighted by molar-refractivity contribution is 0.654. The summed E-state index contributed by atoms with van der Waals surface area (Å²) >= 11 is 0. The summed E-state index contributed by atoms with van der Waals surface area (Å²) in [7, 11) is 3.49. The van der Waals surface area contributed by atoms with Gasteiger partial charge >= 0.3 is 5.69 Å².